The Balaban J connectivity index is 2.26. The Hall–Kier alpha value is -1.76. The first-order valence-electron chi connectivity index (χ1n) is 6.25. The number of nitrogens with zero attached hydrogens (tertiary/aromatic N) is 1. The van der Waals surface area contributed by atoms with Crippen LogP contribution in [0.15, 0.2) is 40.9 Å². The van der Waals surface area contributed by atoms with Crippen molar-refractivity contribution < 1.29 is 13.2 Å². The Morgan fingerprint density at radius 2 is 1.86 bits per heavy atom. The first-order valence-corrected chi connectivity index (χ1v) is 7.04. The molecular weight excluding hydrogens is 347 g/mol. The summed E-state index contributed by atoms with van der Waals surface area (Å²) in [5, 5.41) is 5.91. The number of halogens is 4. The SMILES string of the molecule is CCNc1cccc(Nc2ccc(Br)c(C(F)(F)F)c2)n1. The lowest BCUT2D eigenvalue weighted by Crippen LogP contribution is -2.07. The van der Waals surface area contributed by atoms with E-state index < -0.39 is 11.7 Å². The van der Waals surface area contributed by atoms with Gasteiger partial charge in [-0.1, -0.05) is 22.0 Å². The number of anilines is 3. The van der Waals surface area contributed by atoms with Gasteiger partial charge in [-0.05, 0) is 37.3 Å². The maximum absolute atomic E-state index is 12.8. The molecule has 0 aliphatic heterocycles. The molecule has 0 bridgehead atoms. The van der Waals surface area contributed by atoms with Gasteiger partial charge in [0.05, 0.1) is 5.56 Å². The normalized spacial score (nSPS) is 11.3. The third kappa shape index (κ3) is 4.10. The van der Waals surface area contributed by atoms with Crippen molar-refractivity contribution >= 4 is 33.3 Å². The topological polar surface area (TPSA) is 37.0 Å². The monoisotopic (exact) mass is 359 g/mol. The number of alkyl halides is 3. The zero-order chi connectivity index (χ0) is 15.5. The molecule has 21 heavy (non-hydrogen) atoms. The van der Waals surface area contributed by atoms with Gasteiger partial charge in [-0.25, -0.2) is 4.98 Å². The van der Waals surface area contributed by atoms with Crippen molar-refractivity contribution in [3.8, 4) is 0 Å². The van der Waals surface area contributed by atoms with E-state index in [9.17, 15) is 13.2 Å². The fourth-order valence-corrected chi connectivity index (χ4v) is 2.22. The van der Waals surface area contributed by atoms with Crippen LogP contribution >= 0.6 is 15.9 Å². The summed E-state index contributed by atoms with van der Waals surface area (Å²) in [6.07, 6.45) is -4.41. The molecule has 112 valence electrons. The maximum Gasteiger partial charge on any atom is 0.417 e. The Kier molecular flexibility index (Phi) is 4.72. The number of benzene rings is 1. The molecule has 1 aromatic carbocycles. The molecule has 1 heterocycles. The Bertz CT molecular complexity index is 629. The zero-order valence-corrected chi connectivity index (χ0v) is 12.7. The van der Waals surface area contributed by atoms with Crippen molar-refractivity contribution in [3.05, 3.63) is 46.4 Å². The molecule has 2 rings (SSSR count). The molecule has 0 fully saturated rings. The van der Waals surface area contributed by atoms with E-state index >= 15 is 0 Å². The van der Waals surface area contributed by atoms with Gasteiger partial charge < -0.3 is 10.6 Å². The van der Waals surface area contributed by atoms with Gasteiger partial charge in [0.25, 0.3) is 0 Å². The predicted molar refractivity (Wildman–Crippen MR) is 80.8 cm³/mol. The molecule has 0 radical (unpaired) electrons. The van der Waals surface area contributed by atoms with E-state index in [4.69, 9.17) is 0 Å². The second kappa shape index (κ2) is 6.34. The van der Waals surface area contributed by atoms with Crippen LogP contribution < -0.4 is 10.6 Å². The molecule has 7 heteroatoms. The summed E-state index contributed by atoms with van der Waals surface area (Å²) in [6, 6.07) is 9.22. The van der Waals surface area contributed by atoms with Crippen LogP contribution in [-0.4, -0.2) is 11.5 Å². The van der Waals surface area contributed by atoms with Crippen LogP contribution in [0.3, 0.4) is 0 Å². The summed E-state index contributed by atoms with van der Waals surface area (Å²) < 4.78 is 38.6. The Morgan fingerprint density at radius 3 is 2.52 bits per heavy atom. The van der Waals surface area contributed by atoms with Crippen molar-refractivity contribution in [1.82, 2.24) is 4.98 Å². The molecule has 1 aromatic heterocycles. The quantitative estimate of drug-likeness (QED) is 0.802. The molecule has 0 saturated heterocycles. The molecule has 3 nitrogen and oxygen atoms in total. The second-order valence-electron chi connectivity index (χ2n) is 4.26. The average molecular weight is 360 g/mol. The molecule has 0 amide bonds. The third-order valence-corrected chi connectivity index (χ3v) is 3.34. The van der Waals surface area contributed by atoms with Crippen LogP contribution in [0.5, 0.6) is 0 Å². The van der Waals surface area contributed by atoms with E-state index in [0.717, 1.165) is 6.07 Å². The van der Waals surface area contributed by atoms with Gasteiger partial charge in [-0.3, -0.25) is 0 Å². The predicted octanol–water partition coefficient (Wildman–Crippen LogP) is 5.04. The van der Waals surface area contributed by atoms with E-state index in [1.54, 1.807) is 24.3 Å². The third-order valence-electron chi connectivity index (χ3n) is 2.65. The fourth-order valence-electron chi connectivity index (χ4n) is 1.75. The summed E-state index contributed by atoms with van der Waals surface area (Å²) in [7, 11) is 0. The second-order valence-corrected chi connectivity index (χ2v) is 5.11. The molecular formula is C14H13BrF3N3. The van der Waals surface area contributed by atoms with E-state index in [1.807, 2.05) is 6.92 Å². The van der Waals surface area contributed by atoms with Crippen LogP contribution in [0.25, 0.3) is 0 Å². The van der Waals surface area contributed by atoms with E-state index in [1.165, 1.54) is 6.07 Å². The number of rotatable bonds is 4. The van der Waals surface area contributed by atoms with E-state index in [-0.39, 0.29) is 4.47 Å². The molecule has 2 aromatic rings. The average Bonchev–Trinajstić information content (AvgIpc) is 2.40. The first kappa shape index (κ1) is 15.6. The van der Waals surface area contributed by atoms with Gasteiger partial charge in [0.15, 0.2) is 0 Å². The fraction of sp³-hybridized carbons (Fsp3) is 0.214. The summed E-state index contributed by atoms with van der Waals surface area (Å²) >= 11 is 2.91. The number of hydrogen-bond acceptors (Lipinski definition) is 3. The Morgan fingerprint density at radius 1 is 1.14 bits per heavy atom. The van der Waals surface area contributed by atoms with Crippen molar-refractivity contribution in [1.29, 1.82) is 0 Å². The number of hydrogen-bond donors (Lipinski definition) is 2. The van der Waals surface area contributed by atoms with Crippen molar-refractivity contribution in [2.45, 2.75) is 13.1 Å². The summed E-state index contributed by atoms with van der Waals surface area (Å²) in [5.74, 6) is 1.14. The summed E-state index contributed by atoms with van der Waals surface area (Å²) in [4.78, 5) is 4.26. The van der Waals surface area contributed by atoms with Crippen LogP contribution in [0.2, 0.25) is 0 Å². The van der Waals surface area contributed by atoms with E-state index in [2.05, 4.69) is 31.5 Å². The minimum absolute atomic E-state index is 0.00918. The van der Waals surface area contributed by atoms with Gasteiger partial charge in [-0.15, -0.1) is 0 Å². The van der Waals surface area contributed by atoms with Crippen LogP contribution in [-0.2, 0) is 6.18 Å². The standard InChI is InChI=1S/C14H13BrF3N3/c1-2-19-12-4-3-5-13(21-12)20-9-6-7-11(15)10(8-9)14(16,17)18/h3-8H,2H2,1H3,(H2,19,20,21). The minimum Gasteiger partial charge on any atom is -0.370 e. The van der Waals surface area contributed by atoms with E-state index in [0.29, 0.717) is 23.9 Å². The lowest BCUT2D eigenvalue weighted by molar-refractivity contribution is -0.138. The van der Waals surface area contributed by atoms with Gasteiger partial charge in [-0.2, -0.15) is 13.2 Å². The summed E-state index contributed by atoms with van der Waals surface area (Å²) in [6.45, 7) is 2.65. The number of aromatic nitrogens is 1. The Labute approximate surface area is 128 Å². The van der Waals surface area contributed by atoms with Crippen molar-refractivity contribution in [2.75, 3.05) is 17.2 Å². The maximum atomic E-state index is 12.8. The summed E-state index contributed by atoms with van der Waals surface area (Å²) in [5.41, 5.74) is -0.401. The largest absolute Gasteiger partial charge is 0.417 e. The van der Waals surface area contributed by atoms with Gasteiger partial charge >= 0.3 is 6.18 Å². The van der Waals surface area contributed by atoms with Gasteiger partial charge in [0.2, 0.25) is 0 Å². The number of pyridine rings is 1. The lowest BCUT2D eigenvalue weighted by Gasteiger charge is -2.12. The van der Waals surface area contributed by atoms with Crippen molar-refractivity contribution in [2.24, 2.45) is 0 Å². The minimum atomic E-state index is -4.41. The van der Waals surface area contributed by atoms with Crippen molar-refractivity contribution in [3.63, 3.8) is 0 Å². The number of nitrogens with one attached hydrogen (secondary N) is 2. The van der Waals surface area contributed by atoms with Crippen LogP contribution in [0, 0.1) is 0 Å². The molecule has 0 aliphatic rings. The van der Waals surface area contributed by atoms with Gasteiger partial charge in [0.1, 0.15) is 11.6 Å². The smallest absolute Gasteiger partial charge is 0.370 e. The molecule has 0 unspecified atom stereocenters. The van der Waals surface area contributed by atoms with Crippen LogP contribution in [0.4, 0.5) is 30.5 Å². The molecule has 0 spiro atoms. The highest BCUT2D eigenvalue weighted by Crippen LogP contribution is 2.36. The molecule has 2 N–H and O–H groups in total. The lowest BCUT2D eigenvalue weighted by atomic mass is 10.2. The van der Waals surface area contributed by atoms with Crippen LogP contribution in [0.1, 0.15) is 12.5 Å². The zero-order valence-electron chi connectivity index (χ0n) is 11.1. The molecule has 0 atom stereocenters. The molecule has 0 aliphatic carbocycles. The highest BCUT2D eigenvalue weighted by Gasteiger charge is 2.33. The highest BCUT2D eigenvalue weighted by molar-refractivity contribution is 9.10. The highest BCUT2D eigenvalue weighted by atomic mass is 79.9. The molecule has 0 saturated carbocycles. The van der Waals surface area contributed by atoms with Gasteiger partial charge in [0, 0.05) is 16.7 Å². The first-order chi connectivity index (χ1) is 9.90.